The molecule has 80 heavy (non-hydrogen) atoms. The van der Waals surface area contributed by atoms with Crippen molar-refractivity contribution in [2.24, 2.45) is 0 Å². The molecule has 0 bridgehead atoms. The number of carbonyl (C=O) groups is 4. The quantitative estimate of drug-likeness (QED) is 0.0915. The number of ether oxygens (including phenoxy) is 2. The molecule has 2 aromatic heterocycles. The normalized spacial score (nSPS) is 19.0. The van der Waals surface area contributed by atoms with E-state index in [0.29, 0.717) is 110 Å². The number of amides is 4. The Balaban J connectivity index is 0.000000169. The monoisotopic (exact) mass is 1120 g/mol. The van der Waals surface area contributed by atoms with E-state index in [2.05, 4.69) is 30.6 Å². The smallest absolute Gasteiger partial charge is 0.254 e. The van der Waals surface area contributed by atoms with Gasteiger partial charge in [-0.2, -0.15) is 0 Å². The van der Waals surface area contributed by atoms with E-state index in [-0.39, 0.29) is 74.1 Å². The van der Waals surface area contributed by atoms with Gasteiger partial charge in [0.2, 0.25) is 23.7 Å². The second-order valence-corrected chi connectivity index (χ2v) is 22.0. The van der Waals surface area contributed by atoms with Crippen LogP contribution in [0.25, 0.3) is 22.5 Å². The Morgan fingerprint density at radius 1 is 0.613 bits per heavy atom. The zero-order valence-corrected chi connectivity index (χ0v) is 46.3. The summed E-state index contributed by atoms with van der Waals surface area (Å²) in [5.74, 6) is 0.461. The topological polar surface area (TPSA) is 216 Å². The third kappa shape index (κ3) is 11.3. The van der Waals surface area contributed by atoms with Crippen LogP contribution >= 0.6 is 23.2 Å². The lowest BCUT2D eigenvalue weighted by Crippen LogP contribution is -2.44. The van der Waals surface area contributed by atoms with Gasteiger partial charge in [0.1, 0.15) is 13.1 Å². The van der Waals surface area contributed by atoms with Crippen molar-refractivity contribution < 1.29 is 38.9 Å². The molecule has 4 aromatic carbocycles. The van der Waals surface area contributed by atoms with E-state index in [1.807, 2.05) is 96.4 Å². The number of hydrogen-bond donors (Lipinski definition) is 4. The van der Waals surface area contributed by atoms with Crippen molar-refractivity contribution in [3.05, 3.63) is 151 Å². The van der Waals surface area contributed by atoms with Crippen LogP contribution in [0.4, 0.5) is 11.9 Å². The minimum atomic E-state index is -0.177. The summed E-state index contributed by atoms with van der Waals surface area (Å²) in [5.41, 5.74) is 11.6. The minimum absolute atomic E-state index is 0.00957. The van der Waals surface area contributed by atoms with Gasteiger partial charge in [0.25, 0.3) is 11.8 Å². The van der Waals surface area contributed by atoms with E-state index in [1.165, 1.54) is 0 Å². The molecule has 0 saturated carbocycles. The average molecular weight is 1120 g/mol. The fraction of sp³-hybridized carbons (Fsp3) is 0.400. The third-order valence-corrected chi connectivity index (χ3v) is 17.0. The zero-order valence-electron chi connectivity index (χ0n) is 44.8. The van der Waals surface area contributed by atoms with Gasteiger partial charge >= 0.3 is 0 Å². The van der Waals surface area contributed by atoms with Crippen LogP contribution in [0, 0.1) is 0 Å². The molecule has 6 aliphatic rings. The summed E-state index contributed by atoms with van der Waals surface area (Å²) in [6.07, 6.45) is 8.06. The summed E-state index contributed by atoms with van der Waals surface area (Å²) in [6, 6.07) is 23.2. The van der Waals surface area contributed by atoms with Crippen molar-refractivity contribution in [3.8, 4) is 22.5 Å². The Morgan fingerprint density at radius 2 is 1.02 bits per heavy atom. The number of nitrogens with one attached hydrogen (secondary N) is 2. The number of halogens is 2. The molecule has 0 aliphatic carbocycles. The van der Waals surface area contributed by atoms with Crippen LogP contribution in [0.5, 0.6) is 0 Å². The molecule has 2 saturated heterocycles. The fourth-order valence-corrected chi connectivity index (χ4v) is 12.4. The predicted molar refractivity (Wildman–Crippen MR) is 302 cm³/mol. The molecule has 0 radical (unpaired) electrons. The Kier molecular flexibility index (Phi) is 16.4. The van der Waals surface area contributed by atoms with Crippen LogP contribution in [-0.4, -0.2) is 138 Å². The van der Waals surface area contributed by atoms with Gasteiger partial charge in [-0.3, -0.25) is 19.2 Å². The number of aromatic nitrogens is 4. The van der Waals surface area contributed by atoms with Crippen LogP contribution in [0.2, 0.25) is 10.0 Å². The highest BCUT2D eigenvalue weighted by molar-refractivity contribution is 6.33. The lowest BCUT2D eigenvalue weighted by molar-refractivity contribution is -0.135. The Hall–Kier alpha value is -7.06. The minimum Gasteiger partial charge on any atom is -0.392 e. The Labute approximate surface area is 474 Å². The van der Waals surface area contributed by atoms with E-state index < -0.39 is 0 Å². The summed E-state index contributed by atoms with van der Waals surface area (Å²) < 4.78 is 10.9. The summed E-state index contributed by atoms with van der Waals surface area (Å²) in [4.78, 5) is 78.5. The standard InChI is InChI=1S/2C30H32ClN5O4/c2*1-18-23-4-2-3-21(17-37)24(23)7-10-36(18)27(38)16-35-15-20-6-5-19(13-25(20)29(35)39)28-26(31)14-32-30(34-28)33-22-8-11-40-12-9-22/h2*2-6,13-14,18,22,37H,7-12,15-17H2,1H3,(H,32,33,34)/t2*18-/m10/s1. The van der Waals surface area contributed by atoms with E-state index >= 15 is 0 Å². The Morgan fingerprint density at radius 3 is 1.43 bits per heavy atom. The maximum absolute atomic E-state index is 13.4. The van der Waals surface area contributed by atoms with Gasteiger partial charge in [-0.15, -0.1) is 0 Å². The molecule has 0 unspecified atom stereocenters. The molecule has 6 aliphatic heterocycles. The van der Waals surface area contributed by atoms with Crippen LogP contribution in [0.15, 0.2) is 85.2 Å². The fourth-order valence-electron chi connectivity index (χ4n) is 12.0. The van der Waals surface area contributed by atoms with Gasteiger partial charge in [-0.1, -0.05) is 83.9 Å². The Bertz CT molecular complexity index is 3130. The van der Waals surface area contributed by atoms with E-state index in [9.17, 15) is 29.4 Å². The van der Waals surface area contributed by atoms with Gasteiger partial charge < -0.3 is 49.9 Å². The van der Waals surface area contributed by atoms with Crippen molar-refractivity contribution in [1.29, 1.82) is 0 Å². The summed E-state index contributed by atoms with van der Waals surface area (Å²) >= 11 is 13.0. The van der Waals surface area contributed by atoms with Crippen molar-refractivity contribution in [2.45, 2.75) is 103 Å². The lowest BCUT2D eigenvalue weighted by atomic mass is 9.90. The van der Waals surface area contributed by atoms with E-state index in [4.69, 9.17) is 32.7 Å². The number of aliphatic hydroxyl groups is 2. The van der Waals surface area contributed by atoms with E-state index in [0.717, 1.165) is 81.3 Å². The van der Waals surface area contributed by atoms with E-state index in [1.54, 1.807) is 22.2 Å². The SMILES string of the molecule is C[C@@H]1c2cccc(CO)c2CCN1C(=O)CN1Cc2ccc(-c3nc(NC4CCOCC4)ncc3Cl)cc2C1=O.C[C@H]1c2cccc(CO)c2CCN1C(=O)CN1Cc2ccc(-c3nc(NC4CCOCC4)ncc3Cl)cc2C1=O. The number of benzene rings is 4. The van der Waals surface area contributed by atoms with Crippen molar-refractivity contribution in [3.63, 3.8) is 0 Å². The van der Waals surface area contributed by atoms with Crippen LogP contribution in [0.3, 0.4) is 0 Å². The highest BCUT2D eigenvalue weighted by Crippen LogP contribution is 2.37. The highest BCUT2D eigenvalue weighted by atomic mass is 35.5. The maximum Gasteiger partial charge on any atom is 0.254 e. The third-order valence-electron chi connectivity index (χ3n) is 16.4. The lowest BCUT2D eigenvalue weighted by Gasteiger charge is -2.37. The molecule has 8 heterocycles. The number of aliphatic hydroxyl groups excluding tert-OH is 2. The van der Waals surface area contributed by atoms with Gasteiger partial charge in [0, 0.05) is 86.9 Å². The molecule has 4 amide bonds. The second-order valence-electron chi connectivity index (χ2n) is 21.2. The number of fused-ring (bicyclic) bond motifs is 4. The molecule has 2 atom stereocenters. The average Bonchev–Trinajstić information content (AvgIpc) is 4.05. The van der Waals surface area contributed by atoms with Crippen molar-refractivity contribution >= 4 is 58.7 Å². The van der Waals surface area contributed by atoms with Gasteiger partial charge in [-0.25, -0.2) is 19.9 Å². The first-order valence-electron chi connectivity index (χ1n) is 27.5. The zero-order chi connectivity index (χ0) is 55.6. The molecule has 6 aromatic rings. The first kappa shape index (κ1) is 54.9. The molecule has 2 fully saturated rings. The van der Waals surface area contributed by atoms with Crippen LogP contribution < -0.4 is 10.6 Å². The molecule has 18 nitrogen and oxygen atoms in total. The van der Waals surface area contributed by atoms with Gasteiger partial charge in [0.15, 0.2) is 0 Å². The molecule has 20 heteroatoms. The molecular weight excluding hydrogens is 1060 g/mol. The summed E-state index contributed by atoms with van der Waals surface area (Å²) in [5, 5.41) is 26.9. The molecular formula is C60H64Cl2N10O8. The first-order valence-corrected chi connectivity index (χ1v) is 28.2. The molecule has 4 N–H and O–H groups in total. The van der Waals surface area contributed by atoms with Crippen molar-refractivity contribution in [1.82, 2.24) is 39.5 Å². The number of rotatable bonds is 12. The predicted octanol–water partition coefficient (Wildman–Crippen LogP) is 7.96. The second kappa shape index (κ2) is 24.0. The number of carbonyl (C=O) groups excluding carboxylic acids is 4. The molecule has 0 spiro atoms. The first-order chi connectivity index (χ1) is 38.8. The summed E-state index contributed by atoms with van der Waals surface area (Å²) in [6.45, 7) is 8.68. The number of hydrogen-bond acceptors (Lipinski definition) is 14. The van der Waals surface area contributed by atoms with Crippen LogP contribution in [-0.2, 0) is 58.2 Å². The van der Waals surface area contributed by atoms with Crippen molar-refractivity contribution in [2.75, 3.05) is 63.2 Å². The highest BCUT2D eigenvalue weighted by Gasteiger charge is 2.36. The molecule has 416 valence electrons. The maximum atomic E-state index is 13.4. The van der Waals surface area contributed by atoms with Gasteiger partial charge in [0.05, 0.1) is 59.1 Å². The summed E-state index contributed by atoms with van der Waals surface area (Å²) in [7, 11) is 0. The number of anilines is 2. The number of nitrogens with zero attached hydrogens (tertiary/aromatic N) is 8. The molecule has 12 rings (SSSR count). The largest absolute Gasteiger partial charge is 0.392 e. The van der Waals surface area contributed by atoms with Gasteiger partial charge in [-0.05, 0) is 109 Å². The van der Waals surface area contributed by atoms with Crippen LogP contribution in [0.1, 0.15) is 117 Å².